The van der Waals surface area contributed by atoms with Crippen molar-refractivity contribution in [1.82, 2.24) is 5.32 Å². The van der Waals surface area contributed by atoms with Crippen LogP contribution in [0.2, 0.25) is 0 Å². The van der Waals surface area contributed by atoms with Crippen LogP contribution >= 0.6 is 0 Å². The van der Waals surface area contributed by atoms with Gasteiger partial charge in [-0.1, -0.05) is 20.8 Å². The zero-order chi connectivity index (χ0) is 10.7. The third-order valence-electron chi connectivity index (χ3n) is 2.49. The van der Waals surface area contributed by atoms with Gasteiger partial charge in [0.2, 0.25) is 0 Å². The average Bonchev–Trinajstić information content (AvgIpc) is 1.97. The minimum Gasteiger partial charge on any atom is -0.304 e. The Labute approximate surface area is 77.7 Å². The van der Waals surface area contributed by atoms with E-state index in [4.69, 9.17) is 0 Å². The van der Waals surface area contributed by atoms with E-state index in [-0.39, 0.29) is 0 Å². The molecule has 0 aromatic rings. The van der Waals surface area contributed by atoms with Crippen molar-refractivity contribution in [2.24, 2.45) is 5.92 Å². The van der Waals surface area contributed by atoms with Crippen LogP contribution in [0.1, 0.15) is 34.1 Å². The van der Waals surface area contributed by atoms with Crippen molar-refractivity contribution in [3.05, 3.63) is 0 Å². The van der Waals surface area contributed by atoms with Crippen molar-refractivity contribution in [2.45, 2.75) is 45.8 Å². The second-order valence-corrected chi connectivity index (χ2v) is 3.78. The summed E-state index contributed by atoms with van der Waals surface area (Å²) in [5.74, 6) is -0.459. The summed E-state index contributed by atoms with van der Waals surface area (Å²) >= 11 is 0. The molecule has 0 radical (unpaired) electrons. The number of alkyl halides is 3. The molecular formula is C9H18F3N. The maximum Gasteiger partial charge on any atom is 0.406 e. The fourth-order valence-electron chi connectivity index (χ4n) is 1.02. The average molecular weight is 197 g/mol. The zero-order valence-corrected chi connectivity index (χ0v) is 8.63. The van der Waals surface area contributed by atoms with Crippen LogP contribution in [0, 0.1) is 5.92 Å². The third-order valence-corrected chi connectivity index (χ3v) is 2.49. The van der Waals surface area contributed by atoms with Crippen LogP contribution in [-0.4, -0.2) is 18.3 Å². The maximum atomic E-state index is 12.6. The quantitative estimate of drug-likeness (QED) is 0.730. The molecule has 1 N–H and O–H groups in total. The zero-order valence-electron chi connectivity index (χ0n) is 8.63. The van der Waals surface area contributed by atoms with Gasteiger partial charge in [0.15, 0.2) is 0 Å². The summed E-state index contributed by atoms with van der Waals surface area (Å²) in [5, 5.41) is 2.56. The van der Waals surface area contributed by atoms with Crippen molar-refractivity contribution in [2.75, 3.05) is 6.54 Å². The van der Waals surface area contributed by atoms with Crippen molar-refractivity contribution >= 4 is 0 Å². The van der Waals surface area contributed by atoms with Gasteiger partial charge in [0, 0.05) is 0 Å². The van der Waals surface area contributed by atoms with Gasteiger partial charge in [-0.3, -0.25) is 0 Å². The minimum absolute atomic E-state index is 0.397. The van der Waals surface area contributed by atoms with Gasteiger partial charge in [-0.2, -0.15) is 13.2 Å². The largest absolute Gasteiger partial charge is 0.406 e. The first kappa shape index (κ1) is 12.8. The minimum atomic E-state index is -4.18. The van der Waals surface area contributed by atoms with Crippen molar-refractivity contribution in [1.29, 1.82) is 0 Å². The highest BCUT2D eigenvalue weighted by Crippen LogP contribution is 2.35. The monoisotopic (exact) mass is 197 g/mol. The van der Waals surface area contributed by atoms with E-state index >= 15 is 0 Å². The van der Waals surface area contributed by atoms with Gasteiger partial charge in [-0.05, 0) is 25.8 Å². The summed E-state index contributed by atoms with van der Waals surface area (Å²) in [6.07, 6.45) is -3.48. The highest BCUT2D eigenvalue weighted by atomic mass is 19.4. The first-order chi connectivity index (χ1) is 5.75. The van der Waals surface area contributed by atoms with E-state index in [0.29, 0.717) is 13.0 Å². The Bertz CT molecular complexity index is 153. The van der Waals surface area contributed by atoms with E-state index in [1.165, 1.54) is 6.92 Å². The molecule has 0 aliphatic heterocycles. The predicted octanol–water partition coefficient (Wildman–Crippen LogP) is 2.96. The van der Waals surface area contributed by atoms with Gasteiger partial charge in [-0.15, -0.1) is 0 Å². The molecule has 0 aliphatic carbocycles. The molecule has 0 fully saturated rings. The topological polar surface area (TPSA) is 12.0 Å². The van der Waals surface area contributed by atoms with E-state index in [9.17, 15) is 13.2 Å². The van der Waals surface area contributed by atoms with E-state index < -0.39 is 17.6 Å². The van der Waals surface area contributed by atoms with Crippen molar-refractivity contribution in [3.8, 4) is 0 Å². The van der Waals surface area contributed by atoms with E-state index in [0.717, 1.165) is 0 Å². The Morgan fingerprint density at radius 3 is 1.92 bits per heavy atom. The smallest absolute Gasteiger partial charge is 0.304 e. The van der Waals surface area contributed by atoms with Crippen LogP contribution in [0.4, 0.5) is 13.2 Å². The van der Waals surface area contributed by atoms with Crippen LogP contribution < -0.4 is 5.32 Å². The Kier molecular flexibility index (Phi) is 4.23. The summed E-state index contributed by atoms with van der Waals surface area (Å²) in [7, 11) is 0. The number of rotatable bonds is 4. The van der Waals surface area contributed by atoms with Crippen LogP contribution in [0.5, 0.6) is 0 Å². The first-order valence-electron chi connectivity index (χ1n) is 4.57. The molecule has 0 aliphatic rings. The molecule has 1 atom stereocenters. The fraction of sp³-hybridized carbons (Fsp3) is 1.00. The summed E-state index contributed by atoms with van der Waals surface area (Å²) in [6, 6.07) is 0. The van der Waals surface area contributed by atoms with E-state index in [1.807, 2.05) is 6.92 Å². The molecule has 13 heavy (non-hydrogen) atoms. The van der Waals surface area contributed by atoms with E-state index in [2.05, 4.69) is 5.32 Å². The lowest BCUT2D eigenvalue weighted by Crippen LogP contribution is -2.58. The second kappa shape index (κ2) is 4.31. The highest BCUT2D eigenvalue weighted by molar-refractivity contribution is 4.93. The Balaban J connectivity index is 4.54. The summed E-state index contributed by atoms with van der Waals surface area (Å²) in [4.78, 5) is 0. The Morgan fingerprint density at radius 1 is 1.23 bits per heavy atom. The molecule has 4 heteroatoms. The molecular weight excluding hydrogens is 179 g/mol. The van der Waals surface area contributed by atoms with Crippen LogP contribution in [0.25, 0.3) is 0 Å². The van der Waals surface area contributed by atoms with Crippen LogP contribution in [-0.2, 0) is 0 Å². The standard InChI is InChI=1S/C9H18F3N/c1-5-6-13-8(4,7(2)3)9(10,11)12/h7,13H,5-6H2,1-4H3. The molecule has 1 unspecified atom stereocenters. The predicted molar refractivity (Wildman–Crippen MR) is 47.6 cm³/mol. The normalized spacial score (nSPS) is 17.5. The van der Waals surface area contributed by atoms with Gasteiger partial charge < -0.3 is 5.32 Å². The van der Waals surface area contributed by atoms with Crippen LogP contribution in [0.15, 0.2) is 0 Å². The lowest BCUT2D eigenvalue weighted by molar-refractivity contribution is -0.203. The maximum absolute atomic E-state index is 12.6. The molecule has 0 aromatic heterocycles. The van der Waals surface area contributed by atoms with Crippen molar-refractivity contribution < 1.29 is 13.2 Å². The molecule has 0 amide bonds. The number of hydrogen-bond acceptors (Lipinski definition) is 1. The van der Waals surface area contributed by atoms with Crippen LogP contribution in [0.3, 0.4) is 0 Å². The van der Waals surface area contributed by atoms with Gasteiger partial charge >= 0.3 is 6.18 Å². The van der Waals surface area contributed by atoms with Crippen molar-refractivity contribution in [3.63, 3.8) is 0 Å². The van der Waals surface area contributed by atoms with Gasteiger partial charge in [-0.25, -0.2) is 0 Å². The third kappa shape index (κ3) is 2.86. The lowest BCUT2D eigenvalue weighted by Gasteiger charge is -2.36. The SMILES string of the molecule is CCCNC(C)(C(C)C)C(F)(F)F. The Morgan fingerprint density at radius 2 is 1.69 bits per heavy atom. The highest BCUT2D eigenvalue weighted by Gasteiger charge is 2.52. The first-order valence-corrected chi connectivity index (χ1v) is 4.57. The molecule has 0 rings (SSSR count). The summed E-state index contributed by atoms with van der Waals surface area (Å²) in [5.41, 5.74) is -1.76. The molecule has 0 aromatic carbocycles. The van der Waals surface area contributed by atoms with E-state index in [1.54, 1.807) is 13.8 Å². The molecule has 0 saturated carbocycles. The molecule has 1 nitrogen and oxygen atoms in total. The second-order valence-electron chi connectivity index (χ2n) is 3.78. The summed E-state index contributed by atoms with van der Waals surface area (Å²) < 4.78 is 37.8. The number of halogens is 3. The number of hydrogen-bond donors (Lipinski definition) is 1. The van der Waals surface area contributed by atoms with Gasteiger partial charge in [0.25, 0.3) is 0 Å². The molecule has 0 bridgehead atoms. The molecule has 0 saturated heterocycles. The molecule has 0 heterocycles. The summed E-state index contributed by atoms with van der Waals surface area (Å²) in [6.45, 7) is 6.62. The van der Waals surface area contributed by atoms with Gasteiger partial charge in [0.1, 0.15) is 5.54 Å². The lowest BCUT2D eigenvalue weighted by atomic mass is 9.87. The molecule has 0 spiro atoms. The fourth-order valence-corrected chi connectivity index (χ4v) is 1.02. The number of nitrogens with one attached hydrogen (secondary N) is 1. The Hall–Kier alpha value is -0.250. The van der Waals surface area contributed by atoms with Gasteiger partial charge in [0.05, 0.1) is 0 Å². The molecule has 80 valence electrons.